The van der Waals surface area contributed by atoms with Gasteiger partial charge in [-0.15, -0.1) is 0 Å². The average Bonchev–Trinajstić information content (AvgIpc) is 2.97. The van der Waals surface area contributed by atoms with E-state index in [2.05, 4.69) is 41.1 Å². The van der Waals surface area contributed by atoms with Crippen molar-refractivity contribution in [2.45, 2.75) is 50.9 Å². The Kier molecular flexibility index (Phi) is 5.24. The van der Waals surface area contributed by atoms with Gasteiger partial charge in [-0.25, -0.2) is 0 Å². The predicted octanol–water partition coefficient (Wildman–Crippen LogP) is 4.99. The molecule has 5 atom stereocenters. The maximum Gasteiger partial charge on any atom is 0.217 e. The van der Waals surface area contributed by atoms with Crippen LogP contribution in [0.25, 0.3) is 0 Å². The summed E-state index contributed by atoms with van der Waals surface area (Å²) >= 11 is 3.44. The summed E-state index contributed by atoms with van der Waals surface area (Å²) in [6.07, 6.45) is 2.80. The van der Waals surface area contributed by atoms with Crippen LogP contribution in [0.5, 0.6) is 5.75 Å². The zero-order valence-corrected chi connectivity index (χ0v) is 19.0. The highest BCUT2D eigenvalue weighted by Crippen LogP contribution is 2.70. The zero-order chi connectivity index (χ0) is 22.4. The van der Waals surface area contributed by atoms with Gasteiger partial charge in [0.15, 0.2) is 5.41 Å². The zero-order valence-electron chi connectivity index (χ0n) is 17.4. The van der Waals surface area contributed by atoms with Crippen LogP contribution < -0.4 is 4.74 Å². The maximum absolute atomic E-state index is 10.5. The van der Waals surface area contributed by atoms with E-state index in [9.17, 15) is 15.8 Å². The molecule has 1 N–H and O–H groups in total. The largest absolute Gasteiger partial charge is 0.496 e. The fraction of sp³-hybridized carbons (Fsp3) is 0.565. The van der Waals surface area contributed by atoms with Crippen molar-refractivity contribution in [1.29, 1.82) is 21.2 Å². The van der Waals surface area contributed by atoms with Crippen molar-refractivity contribution in [3.8, 4) is 24.0 Å². The molecule has 2 bridgehead atoms. The summed E-state index contributed by atoms with van der Waals surface area (Å²) in [6.45, 7) is 2.11. The van der Waals surface area contributed by atoms with Gasteiger partial charge in [-0.2, -0.15) is 15.8 Å². The summed E-state index contributed by atoms with van der Waals surface area (Å²) in [5.74, 6) is -1.32. The van der Waals surface area contributed by atoms with Crippen LogP contribution in [-0.4, -0.2) is 18.8 Å². The van der Waals surface area contributed by atoms with Gasteiger partial charge < -0.3 is 14.2 Å². The second kappa shape index (κ2) is 7.52. The van der Waals surface area contributed by atoms with Crippen LogP contribution >= 0.6 is 15.9 Å². The Balaban J connectivity index is 1.97. The molecule has 2 saturated heterocycles. The first-order valence-electron chi connectivity index (χ1n) is 10.4. The minimum Gasteiger partial charge on any atom is -0.496 e. The molecule has 8 heteroatoms. The number of methoxy groups -OCH3 is 1. The van der Waals surface area contributed by atoms with Gasteiger partial charge in [0.1, 0.15) is 11.9 Å². The van der Waals surface area contributed by atoms with Gasteiger partial charge in [0.05, 0.1) is 31.2 Å². The number of hydrogen-bond donors (Lipinski definition) is 1. The van der Waals surface area contributed by atoms with E-state index in [4.69, 9.17) is 19.6 Å². The van der Waals surface area contributed by atoms with Gasteiger partial charge in [0.2, 0.25) is 17.1 Å². The highest BCUT2D eigenvalue weighted by molar-refractivity contribution is 9.10. The number of rotatable bonds is 4. The van der Waals surface area contributed by atoms with Gasteiger partial charge in [0, 0.05) is 16.5 Å². The Morgan fingerprint density at radius 1 is 1.26 bits per heavy atom. The molecule has 2 aliphatic heterocycles. The first-order chi connectivity index (χ1) is 14.9. The number of nitrogens with one attached hydrogen (secondary N) is 1. The predicted molar refractivity (Wildman–Crippen MR) is 114 cm³/mol. The minimum absolute atomic E-state index is 0.334. The summed E-state index contributed by atoms with van der Waals surface area (Å²) < 4.78 is 18.7. The highest BCUT2D eigenvalue weighted by Gasteiger charge is 2.81. The van der Waals surface area contributed by atoms with Crippen molar-refractivity contribution in [3.05, 3.63) is 28.2 Å². The fourth-order valence-electron chi connectivity index (χ4n) is 5.78. The summed E-state index contributed by atoms with van der Waals surface area (Å²) in [4.78, 5) is 0. The van der Waals surface area contributed by atoms with Gasteiger partial charge in [-0.05, 0) is 37.0 Å². The fourth-order valence-corrected chi connectivity index (χ4v) is 6.16. The van der Waals surface area contributed by atoms with E-state index in [1.807, 2.05) is 0 Å². The molecule has 1 aliphatic carbocycles. The van der Waals surface area contributed by atoms with Crippen molar-refractivity contribution in [2.75, 3.05) is 7.11 Å². The van der Waals surface area contributed by atoms with Crippen molar-refractivity contribution in [2.24, 2.45) is 22.7 Å². The molecule has 160 valence electrons. The number of hydrogen-bond acceptors (Lipinski definition) is 7. The standard InChI is InChI=1S/C23H23BrN4O3/c1-3-4-14-7-8-23-18(9-14)22(13-27,20(28)31-23)21(11-25,12-26)19(30-23)16-10-15(24)5-6-17(16)29-2/h5-6,10,14,18-19,28H,3-4,7-9H2,1-2H3. The van der Waals surface area contributed by atoms with Crippen molar-refractivity contribution in [3.63, 3.8) is 0 Å². The Morgan fingerprint density at radius 2 is 2.00 bits per heavy atom. The third kappa shape index (κ3) is 2.67. The van der Waals surface area contributed by atoms with E-state index >= 15 is 0 Å². The molecule has 0 aromatic heterocycles. The smallest absolute Gasteiger partial charge is 0.217 e. The number of halogens is 1. The number of benzene rings is 1. The van der Waals surface area contributed by atoms with Crippen LogP contribution in [0.1, 0.15) is 50.7 Å². The summed E-state index contributed by atoms with van der Waals surface area (Å²) in [5.41, 5.74) is -3.21. The van der Waals surface area contributed by atoms with Crippen LogP contribution in [0, 0.1) is 62.1 Å². The van der Waals surface area contributed by atoms with Crippen LogP contribution in [0.2, 0.25) is 0 Å². The Morgan fingerprint density at radius 3 is 2.61 bits per heavy atom. The van der Waals surface area contributed by atoms with E-state index < -0.39 is 28.6 Å². The minimum atomic E-state index is -1.97. The monoisotopic (exact) mass is 482 g/mol. The molecule has 7 nitrogen and oxygen atoms in total. The lowest BCUT2D eigenvalue weighted by Gasteiger charge is -2.53. The molecule has 0 spiro atoms. The van der Waals surface area contributed by atoms with E-state index in [1.54, 1.807) is 18.2 Å². The highest BCUT2D eigenvalue weighted by atomic mass is 79.9. The molecule has 0 amide bonds. The van der Waals surface area contributed by atoms with Gasteiger partial charge >= 0.3 is 0 Å². The van der Waals surface area contributed by atoms with Crippen LogP contribution in [0.15, 0.2) is 22.7 Å². The number of nitriles is 3. The normalized spacial score (nSPS) is 35.1. The molecule has 4 rings (SSSR count). The second-order valence-electron chi connectivity index (χ2n) is 8.56. The quantitative estimate of drug-likeness (QED) is 0.644. The average molecular weight is 483 g/mol. The second-order valence-corrected chi connectivity index (χ2v) is 9.48. The summed E-state index contributed by atoms with van der Waals surface area (Å²) in [5, 5.41) is 39.9. The van der Waals surface area contributed by atoms with Gasteiger partial charge in [-0.1, -0.05) is 35.7 Å². The molecule has 1 aromatic carbocycles. The molecule has 5 unspecified atom stereocenters. The third-order valence-electron chi connectivity index (χ3n) is 7.19. The van der Waals surface area contributed by atoms with Crippen LogP contribution in [0.3, 0.4) is 0 Å². The molecule has 1 aromatic rings. The van der Waals surface area contributed by atoms with E-state index in [0.717, 1.165) is 23.7 Å². The lowest BCUT2D eigenvalue weighted by atomic mass is 9.50. The van der Waals surface area contributed by atoms with Crippen molar-refractivity contribution >= 4 is 21.8 Å². The first-order valence-corrected chi connectivity index (χ1v) is 11.2. The van der Waals surface area contributed by atoms with E-state index in [0.29, 0.717) is 30.1 Å². The first kappa shape index (κ1) is 21.6. The summed E-state index contributed by atoms with van der Waals surface area (Å²) in [6, 6.07) is 11.7. The lowest BCUT2D eigenvalue weighted by Crippen LogP contribution is -2.61. The Labute approximate surface area is 190 Å². The lowest BCUT2D eigenvalue weighted by molar-refractivity contribution is -0.299. The molecule has 1 saturated carbocycles. The van der Waals surface area contributed by atoms with Gasteiger partial charge in [0.25, 0.3) is 0 Å². The molecule has 3 aliphatic rings. The SMILES string of the molecule is CCCC1CCC23OC(=N)C(C#N)(C2C1)C(C#N)(C#N)C(c1cc(Br)ccc1OC)O3. The topological polar surface area (TPSA) is 123 Å². The van der Waals surface area contributed by atoms with Gasteiger partial charge in [-0.3, -0.25) is 5.41 Å². The molecule has 31 heavy (non-hydrogen) atoms. The van der Waals surface area contributed by atoms with E-state index in [1.165, 1.54) is 7.11 Å². The Bertz CT molecular complexity index is 1040. The van der Waals surface area contributed by atoms with Crippen molar-refractivity contribution in [1.82, 2.24) is 0 Å². The van der Waals surface area contributed by atoms with Crippen LogP contribution in [0.4, 0.5) is 0 Å². The third-order valence-corrected chi connectivity index (χ3v) is 7.68. The Hall–Kier alpha value is -2.60. The van der Waals surface area contributed by atoms with Crippen LogP contribution in [-0.2, 0) is 9.47 Å². The molecule has 3 fully saturated rings. The number of ether oxygens (including phenoxy) is 3. The van der Waals surface area contributed by atoms with Crippen molar-refractivity contribution < 1.29 is 14.2 Å². The molecule has 2 heterocycles. The maximum atomic E-state index is 10.5. The van der Waals surface area contributed by atoms with E-state index in [-0.39, 0.29) is 5.90 Å². The number of nitrogens with zero attached hydrogens (tertiary/aromatic N) is 3. The molecule has 0 radical (unpaired) electrons. The molecular formula is C23H23BrN4O3. The summed E-state index contributed by atoms with van der Waals surface area (Å²) in [7, 11) is 1.50. The molecular weight excluding hydrogens is 460 g/mol.